The summed E-state index contributed by atoms with van der Waals surface area (Å²) in [7, 11) is 1.92. The molecule has 0 fully saturated rings. The number of nitrogens with zero attached hydrogens (tertiary/aromatic N) is 7. The van der Waals surface area contributed by atoms with Gasteiger partial charge in [0.15, 0.2) is 0 Å². The van der Waals surface area contributed by atoms with Gasteiger partial charge in [-0.2, -0.15) is 5.10 Å². The number of hydrogen-bond acceptors (Lipinski definition) is 7. The molecule has 3 aromatic rings. The van der Waals surface area contributed by atoms with Crippen molar-refractivity contribution < 1.29 is 28.9 Å². The second kappa shape index (κ2) is 9.75. The maximum atomic E-state index is 13.1. The van der Waals surface area contributed by atoms with Crippen LogP contribution in [0.15, 0.2) is 54.0 Å². The van der Waals surface area contributed by atoms with Gasteiger partial charge in [-0.15, -0.1) is 12.7 Å². The summed E-state index contributed by atoms with van der Waals surface area (Å²) in [4.78, 5) is 16.6. The number of aromatic nitrogens is 4. The molecular weight excluding hydrogens is 532 g/mol. The SMILES string of the molecule is CN1C=NN(c2ccccn2)[CH-]1.Fc1c[c-]c(-c2ncccn2)c(F)n1.[Ir]. The second-order valence-electron chi connectivity index (χ2n) is 5.01. The predicted molar refractivity (Wildman–Crippen MR) is 91.3 cm³/mol. The van der Waals surface area contributed by atoms with Crippen LogP contribution in [0.3, 0.4) is 0 Å². The van der Waals surface area contributed by atoms with Crippen molar-refractivity contribution in [2.45, 2.75) is 0 Å². The average Bonchev–Trinajstić information content (AvgIpc) is 3.10. The van der Waals surface area contributed by atoms with Crippen LogP contribution in [0.1, 0.15) is 0 Å². The van der Waals surface area contributed by atoms with Crippen LogP contribution in [-0.2, 0) is 20.1 Å². The summed E-state index contributed by atoms with van der Waals surface area (Å²) >= 11 is 0. The van der Waals surface area contributed by atoms with Crippen LogP contribution >= 0.6 is 0 Å². The Morgan fingerprint density at radius 2 is 1.78 bits per heavy atom. The number of halogens is 2. The first-order valence-corrected chi connectivity index (χ1v) is 7.46. The summed E-state index contributed by atoms with van der Waals surface area (Å²) < 4.78 is 25.5. The standard InChI is InChI=1S/C9H4F2N3.C8H9N4.Ir/c10-7-3-2-6(8(11)14-7)9-12-4-1-5-13-9;1-11-6-10-12(7-11)8-4-2-3-5-9-8;/h1,3-5H;2-7H,1H3;/q2*-1;. The number of pyridine rings is 2. The Bertz CT molecular complexity index is 881. The van der Waals surface area contributed by atoms with Crippen molar-refractivity contribution in [1.82, 2.24) is 24.8 Å². The average molecular weight is 546 g/mol. The van der Waals surface area contributed by atoms with E-state index < -0.39 is 11.9 Å². The third kappa shape index (κ3) is 5.57. The van der Waals surface area contributed by atoms with Crippen LogP contribution in [-0.4, -0.2) is 38.2 Å². The van der Waals surface area contributed by atoms with Crippen LogP contribution in [0.5, 0.6) is 0 Å². The molecule has 0 bridgehead atoms. The number of anilines is 1. The van der Waals surface area contributed by atoms with Gasteiger partial charge in [-0.1, -0.05) is 17.7 Å². The van der Waals surface area contributed by atoms with Crippen molar-refractivity contribution in [1.29, 1.82) is 0 Å². The summed E-state index contributed by atoms with van der Waals surface area (Å²) in [6, 6.07) is 10.6. The molecule has 1 aliphatic heterocycles. The van der Waals surface area contributed by atoms with E-state index in [1.165, 1.54) is 12.4 Å². The summed E-state index contributed by atoms with van der Waals surface area (Å²) in [5.41, 5.74) is -0.0352. The molecule has 0 N–H and O–H groups in total. The van der Waals surface area contributed by atoms with Gasteiger partial charge in [-0.3, -0.25) is 15.0 Å². The summed E-state index contributed by atoms with van der Waals surface area (Å²) in [5, 5.41) is 5.83. The fourth-order valence-electron chi connectivity index (χ4n) is 1.94. The molecule has 1 aliphatic rings. The van der Waals surface area contributed by atoms with Gasteiger partial charge in [0.2, 0.25) is 0 Å². The minimum Gasteiger partial charge on any atom is -0.493 e. The molecule has 10 heteroatoms. The maximum Gasteiger partial charge on any atom is 0.130 e. The molecule has 0 saturated carbocycles. The molecular formula is C17H13F2IrN7-2. The smallest absolute Gasteiger partial charge is 0.130 e. The Morgan fingerprint density at radius 3 is 2.37 bits per heavy atom. The quantitative estimate of drug-likeness (QED) is 0.364. The Balaban J connectivity index is 0.000000189. The summed E-state index contributed by atoms with van der Waals surface area (Å²) in [6.07, 6.45) is 6.39. The fraction of sp³-hybridized carbons (Fsp3) is 0.0588. The molecule has 1 radical (unpaired) electrons. The zero-order valence-corrected chi connectivity index (χ0v) is 16.4. The maximum absolute atomic E-state index is 13.1. The predicted octanol–water partition coefficient (Wildman–Crippen LogP) is 2.51. The normalized spacial score (nSPS) is 12.3. The van der Waals surface area contributed by atoms with Gasteiger partial charge in [0.25, 0.3) is 0 Å². The Hall–Kier alpha value is -2.84. The molecule has 0 amide bonds. The van der Waals surface area contributed by atoms with Crippen LogP contribution in [0.2, 0.25) is 0 Å². The third-order valence-electron chi connectivity index (χ3n) is 3.07. The van der Waals surface area contributed by atoms with Crippen molar-refractivity contribution in [3.63, 3.8) is 0 Å². The van der Waals surface area contributed by atoms with Gasteiger partial charge in [-0.05, 0) is 25.2 Å². The van der Waals surface area contributed by atoms with Crippen LogP contribution < -0.4 is 5.01 Å². The van der Waals surface area contributed by atoms with Crippen LogP contribution in [0, 0.1) is 24.6 Å². The van der Waals surface area contributed by atoms with Crippen molar-refractivity contribution in [2.24, 2.45) is 5.10 Å². The molecule has 0 atom stereocenters. The van der Waals surface area contributed by atoms with E-state index in [0.29, 0.717) is 0 Å². The third-order valence-corrected chi connectivity index (χ3v) is 3.07. The van der Waals surface area contributed by atoms with E-state index in [1.54, 1.807) is 23.6 Å². The molecule has 0 aromatic carbocycles. The minimum absolute atomic E-state index is 0. The van der Waals surface area contributed by atoms with E-state index >= 15 is 0 Å². The Morgan fingerprint density at radius 1 is 1.04 bits per heavy atom. The molecule has 141 valence electrons. The van der Waals surface area contributed by atoms with Crippen molar-refractivity contribution in [3.8, 4) is 11.4 Å². The van der Waals surface area contributed by atoms with Gasteiger partial charge in [-0.25, -0.2) is 13.8 Å². The van der Waals surface area contributed by atoms with Crippen LogP contribution in [0.25, 0.3) is 11.4 Å². The summed E-state index contributed by atoms with van der Waals surface area (Å²) in [5.74, 6) is -0.908. The number of hydrogen-bond donors (Lipinski definition) is 0. The monoisotopic (exact) mass is 546 g/mol. The molecule has 4 heterocycles. The van der Waals surface area contributed by atoms with E-state index in [0.717, 1.165) is 11.9 Å². The molecule has 3 aromatic heterocycles. The van der Waals surface area contributed by atoms with Gasteiger partial charge >= 0.3 is 0 Å². The second-order valence-corrected chi connectivity index (χ2v) is 5.01. The Kier molecular flexibility index (Phi) is 7.39. The first kappa shape index (κ1) is 20.5. The largest absolute Gasteiger partial charge is 0.493 e. The number of hydrazone groups is 1. The van der Waals surface area contributed by atoms with Gasteiger partial charge in [0.1, 0.15) is 17.7 Å². The molecule has 0 unspecified atom stereocenters. The van der Waals surface area contributed by atoms with E-state index in [1.807, 2.05) is 36.8 Å². The fourth-order valence-corrected chi connectivity index (χ4v) is 1.94. The topological polar surface area (TPSA) is 70.4 Å². The molecule has 0 saturated heterocycles. The molecule has 0 aliphatic carbocycles. The zero-order chi connectivity index (χ0) is 18.4. The van der Waals surface area contributed by atoms with Gasteiger partial charge < -0.3 is 9.91 Å². The van der Waals surface area contributed by atoms with E-state index in [2.05, 4.69) is 31.1 Å². The van der Waals surface area contributed by atoms with E-state index in [9.17, 15) is 8.78 Å². The summed E-state index contributed by atoms with van der Waals surface area (Å²) in [6.45, 7) is 1.86. The first-order valence-electron chi connectivity index (χ1n) is 7.46. The van der Waals surface area contributed by atoms with E-state index in [-0.39, 0.29) is 31.5 Å². The first-order chi connectivity index (χ1) is 12.6. The van der Waals surface area contributed by atoms with E-state index in [4.69, 9.17) is 0 Å². The number of rotatable bonds is 2. The Labute approximate surface area is 168 Å². The van der Waals surface area contributed by atoms with Gasteiger partial charge in [0, 0.05) is 38.7 Å². The van der Waals surface area contributed by atoms with Crippen molar-refractivity contribution in [3.05, 3.63) is 73.6 Å². The van der Waals surface area contributed by atoms with Crippen molar-refractivity contribution >= 4 is 12.2 Å². The molecule has 0 spiro atoms. The molecule has 27 heavy (non-hydrogen) atoms. The van der Waals surface area contributed by atoms with Crippen molar-refractivity contribution in [2.75, 3.05) is 12.1 Å². The molecule has 7 nitrogen and oxygen atoms in total. The molecule has 4 rings (SSSR count). The minimum atomic E-state index is -0.962. The van der Waals surface area contributed by atoms with Gasteiger partial charge in [0.05, 0.1) is 12.2 Å². The van der Waals surface area contributed by atoms with Crippen LogP contribution in [0.4, 0.5) is 14.6 Å². The zero-order valence-electron chi connectivity index (χ0n) is 14.0.